The minimum Gasteiger partial charge on any atom is -0.378 e. The Morgan fingerprint density at radius 1 is 1.43 bits per heavy atom. The number of aromatic nitrogens is 1. The smallest absolute Gasteiger partial charge is 0.0677 e. The van der Waals surface area contributed by atoms with Crippen molar-refractivity contribution in [1.82, 2.24) is 9.88 Å². The van der Waals surface area contributed by atoms with Crippen molar-refractivity contribution in [3.63, 3.8) is 0 Å². The molecule has 0 saturated carbocycles. The lowest BCUT2D eigenvalue weighted by Gasteiger charge is -2.50. The molecule has 0 N–H and O–H groups in total. The van der Waals surface area contributed by atoms with Crippen LogP contribution in [0.1, 0.15) is 44.5 Å². The molecule has 2 aliphatic heterocycles. The fourth-order valence-corrected chi connectivity index (χ4v) is 3.98. The van der Waals surface area contributed by atoms with Crippen LogP contribution in [0.2, 0.25) is 0 Å². The quantitative estimate of drug-likeness (QED) is 0.835. The largest absolute Gasteiger partial charge is 0.378 e. The van der Waals surface area contributed by atoms with E-state index in [-0.39, 0.29) is 11.5 Å². The van der Waals surface area contributed by atoms with Gasteiger partial charge in [-0.3, -0.25) is 9.88 Å². The van der Waals surface area contributed by atoms with Crippen molar-refractivity contribution in [2.75, 3.05) is 26.3 Å². The molecule has 1 aromatic heterocycles. The minimum absolute atomic E-state index is 0.157. The highest BCUT2D eigenvalue weighted by Crippen LogP contribution is 2.41. The summed E-state index contributed by atoms with van der Waals surface area (Å²) in [7, 11) is 0. The molecular weight excluding hydrogens is 288 g/mol. The van der Waals surface area contributed by atoms with E-state index in [1.807, 2.05) is 0 Å². The number of likely N-dealkylation sites (tertiary alicyclic amines) is 1. The van der Waals surface area contributed by atoms with E-state index >= 15 is 0 Å². The van der Waals surface area contributed by atoms with Gasteiger partial charge in [0.25, 0.3) is 0 Å². The Labute approximate surface area is 140 Å². The number of pyridine rings is 1. The summed E-state index contributed by atoms with van der Waals surface area (Å²) < 4.78 is 12.1. The Balaban J connectivity index is 1.69. The minimum atomic E-state index is 0.157. The zero-order chi connectivity index (χ0) is 16.3. The van der Waals surface area contributed by atoms with Crippen LogP contribution < -0.4 is 0 Å². The number of hydrogen-bond acceptors (Lipinski definition) is 4. The van der Waals surface area contributed by atoms with E-state index in [9.17, 15) is 0 Å². The molecule has 0 unspecified atom stereocenters. The highest BCUT2D eigenvalue weighted by Gasteiger charge is 2.46. The molecule has 2 saturated heterocycles. The Morgan fingerprint density at radius 3 is 3.09 bits per heavy atom. The van der Waals surface area contributed by atoms with Gasteiger partial charge < -0.3 is 9.47 Å². The predicted octanol–water partition coefficient (Wildman–Crippen LogP) is 3.19. The molecule has 0 bridgehead atoms. The van der Waals surface area contributed by atoms with Crippen LogP contribution in [0.4, 0.5) is 0 Å². The first-order valence-corrected chi connectivity index (χ1v) is 8.95. The standard InChI is InChI=1S/C19H30N2O2/c1-15(2)23-14-19-9-5-11-22-18(19)8-10-21(13-19)12-17-7-4-6-16(3)20-17/h4,6-7,15,18H,5,8-14H2,1-3H3/t18-,19+/m0/s1. The summed E-state index contributed by atoms with van der Waals surface area (Å²) in [6, 6.07) is 6.29. The predicted molar refractivity (Wildman–Crippen MR) is 91.4 cm³/mol. The lowest BCUT2D eigenvalue weighted by Crippen LogP contribution is -2.56. The average molecular weight is 318 g/mol. The first kappa shape index (κ1) is 16.9. The maximum absolute atomic E-state index is 6.11. The molecule has 23 heavy (non-hydrogen) atoms. The summed E-state index contributed by atoms with van der Waals surface area (Å²) in [6.07, 6.45) is 4.10. The molecule has 2 aliphatic rings. The summed E-state index contributed by atoms with van der Waals surface area (Å²) in [5.74, 6) is 0. The molecule has 0 aromatic carbocycles. The van der Waals surface area contributed by atoms with Crippen molar-refractivity contribution in [1.29, 1.82) is 0 Å². The first-order valence-electron chi connectivity index (χ1n) is 8.95. The van der Waals surface area contributed by atoms with E-state index in [0.717, 1.165) is 51.4 Å². The highest BCUT2D eigenvalue weighted by atomic mass is 16.5. The third kappa shape index (κ3) is 4.11. The topological polar surface area (TPSA) is 34.6 Å². The normalized spacial score (nSPS) is 28.8. The van der Waals surface area contributed by atoms with Gasteiger partial charge in [0.2, 0.25) is 0 Å². The molecule has 4 nitrogen and oxygen atoms in total. The Bertz CT molecular complexity index is 520. The molecule has 0 spiro atoms. The molecule has 0 radical (unpaired) electrons. The number of fused-ring (bicyclic) bond motifs is 1. The zero-order valence-electron chi connectivity index (χ0n) is 14.8. The fraction of sp³-hybridized carbons (Fsp3) is 0.737. The molecule has 3 heterocycles. The van der Waals surface area contributed by atoms with E-state index in [1.54, 1.807) is 0 Å². The number of piperidine rings is 1. The second-order valence-electron chi connectivity index (χ2n) is 7.45. The third-order valence-corrected chi connectivity index (χ3v) is 5.10. The summed E-state index contributed by atoms with van der Waals surface area (Å²) in [4.78, 5) is 7.20. The zero-order valence-corrected chi connectivity index (χ0v) is 14.8. The van der Waals surface area contributed by atoms with E-state index in [4.69, 9.17) is 9.47 Å². The summed E-state index contributed by atoms with van der Waals surface area (Å²) >= 11 is 0. The average Bonchev–Trinajstić information content (AvgIpc) is 2.53. The molecule has 3 rings (SSSR count). The Kier molecular flexibility index (Phi) is 5.34. The van der Waals surface area contributed by atoms with Gasteiger partial charge in [0, 0.05) is 37.4 Å². The molecular formula is C19H30N2O2. The second-order valence-corrected chi connectivity index (χ2v) is 7.45. The molecule has 2 atom stereocenters. The van der Waals surface area contributed by atoms with Gasteiger partial charge in [-0.05, 0) is 52.2 Å². The molecule has 0 amide bonds. The van der Waals surface area contributed by atoms with Crippen LogP contribution >= 0.6 is 0 Å². The third-order valence-electron chi connectivity index (χ3n) is 5.10. The van der Waals surface area contributed by atoms with Gasteiger partial charge in [-0.15, -0.1) is 0 Å². The van der Waals surface area contributed by atoms with E-state index < -0.39 is 0 Å². The lowest BCUT2D eigenvalue weighted by atomic mass is 9.73. The monoisotopic (exact) mass is 318 g/mol. The first-order chi connectivity index (χ1) is 11.1. The molecule has 0 aliphatic carbocycles. The summed E-state index contributed by atoms with van der Waals surface area (Å²) in [5.41, 5.74) is 2.42. The Hall–Kier alpha value is -0.970. The lowest BCUT2D eigenvalue weighted by molar-refractivity contribution is -0.159. The van der Waals surface area contributed by atoms with Gasteiger partial charge in [0.05, 0.1) is 24.5 Å². The van der Waals surface area contributed by atoms with E-state index in [2.05, 4.69) is 48.9 Å². The van der Waals surface area contributed by atoms with Crippen molar-refractivity contribution in [2.24, 2.45) is 5.41 Å². The van der Waals surface area contributed by atoms with Gasteiger partial charge in [-0.25, -0.2) is 0 Å². The number of aryl methyl sites for hydroxylation is 1. The van der Waals surface area contributed by atoms with Crippen molar-refractivity contribution in [3.05, 3.63) is 29.6 Å². The van der Waals surface area contributed by atoms with Crippen LogP contribution in [0.5, 0.6) is 0 Å². The summed E-state index contributed by atoms with van der Waals surface area (Å²) in [5, 5.41) is 0. The van der Waals surface area contributed by atoms with Crippen LogP contribution in [-0.2, 0) is 16.0 Å². The molecule has 128 valence electrons. The van der Waals surface area contributed by atoms with Crippen LogP contribution in [0.15, 0.2) is 18.2 Å². The number of hydrogen-bond donors (Lipinski definition) is 0. The van der Waals surface area contributed by atoms with Gasteiger partial charge in [-0.1, -0.05) is 6.07 Å². The molecule has 2 fully saturated rings. The van der Waals surface area contributed by atoms with Gasteiger partial charge in [0.1, 0.15) is 0 Å². The van der Waals surface area contributed by atoms with Crippen molar-refractivity contribution in [2.45, 2.75) is 58.8 Å². The second kappa shape index (κ2) is 7.29. The van der Waals surface area contributed by atoms with Gasteiger partial charge in [0.15, 0.2) is 0 Å². The fourth-order valence-electron chi connectivity index (χ4n) is 3.98. The van der Waals surface area contributed by atoms with Gasteiger partial charge in [-0.2, -0.15) is 0 Å². The van der Waals surface area contributed by atoms with Crippen LogP contribution in [0, 0.1) is 12.3 Å². The van der Waals surface area contributed by atoms with Gasteiger partial charge >= 0.3 is 0 Å². The van der Waals surface area contributed by atoms with Crippen molar-refractivity contribution in [3.8, 4) is 0 Å². The maximum atomic E-state index is 6.11. The van der Waals surface area contributed by atoms with Crippen molar-refractivity contribution < 1.29 is 9.47 Å². The van der Waals surface area contributed by atoms with E-state index in [1.165, 1.54) is 12.1 Å². The Morgan fingerprint density at radius 2 is 2.30 bits per heavy atom. The van der Waals surface area contributed by atoms with Crippen LogP contribution in [0.25, 0.3) is 0 Å². The number of nitrogens with zero attached hydrogens (tertiary/aromatic N) is 2. The van der Waals surface area contributed by atoms with Crippen LogP contribution in [0.3, 0.4) is 0 Å². The molecule has 4 heteroatoms. The maximum Gasteiger partial charge on any atom is 0.0677 e. The summed E-state index contributed by atoms with van der Waals surface area (Å²) in [6.45, 7) is 11.1. The SMILES string of the molecule is Cc1cccc(CN2CC[C@@H]3OCCC[C@]3(COC(C)C)C2)n1. The van der Waals surface area contributed by atoms with Crippen molar-refractivity contribution >= 4 is 0 Å². The number of rotatable bonds is 5. The molecule has 1 aromatic rings. The highest BCUT2D eigenvalue weighted by molar-refractivity contribution is 5.10. The van der Waals surface area contributed by atoms with Crippen LogP contribution in [-0.4, -0.2) is 48.4 Å². The van der Waals surface area contributed by atoms with E-state index in [0.29, 0.717) is 6.10 Å². The number of ether oxygens (including phenoxy) is 2.